The van der Waals surface area contributed by atoms with Gasteiger partial charge in [-0.25, -0.2) is 4.39 Å². The molecule has 0 saturated heterocycles. The van der Waals surface area contributed by atoms with E-state index in [1.54, 1.807) is 0 Å². The molecule has 0 aliphatic heterocycles. The van der Waals surface area contributed by atoms with Crippen molar-refractivity contribution in [3.8, 4) is 5.75 Å². The molecule has 1 saturated carbocycles. The fourth-order valence-electron chi connectivity index (χ4n) is 3.39. The van der Waals surface area contributed by atoms with Gasteiger partial charge in [0, 0.05) is 5.41 Å². The molecular weight excluding hydrogens is 287 g/mol. The molecule has 3 rings (SSSR count). The number of ether oxygens (including phenoxy) is 1. The number of hydrogen-bond acceptors (Lipinski definition) is 1. The molecule has 1 nitrogen and oxygen atoms in total. The van der Waals surface area contributed by atoms with E-state index in [1.165, 1.54) is 43.4 Å². The Kier molecular flexibility index (Phi) is 4.70. The van der Waals surface area contributed by atoms with Crippen molar-refractivity contribution in [3.05, 3.63) is 65.5 Å². The molecule has 0 heterocycles. The SMILES string of the molecule is CC(C)(c1ccc(F)cc1)c1ccc(OCC2CCCC2)cc1. The van der Waals surface area contributed by atoms with Gasteiger partial charge in [0.25, 0.3) is 0 Å². The van der Waals surface area contributed by atoms with E-state index in [4.69, 9.17) is 4.74 Å². The molecule has 1 aliphatic carbocycles. The minimum absolute atomic E-state index is 0.155. The van der Waals surface area contributed by atoms with Crippen LogP contribution >= 0.6 is 0 Å². The van der Waals surface area contributed by atoms with Gasteiger partial charge in [-0.2, -0.15) is 0 Å². The molecule has 2 heteroatoms. The highest BCUT2D eigenvalue weighted by Gasteiger charge is 2.23. The lowest BCUT2D eigenvalue weighted by molar-refractivity contribution is 0.252. The van der Waals surface area contributed by atoms with Gasteiger partial charge >= 0.3 is 0 Å². The Morgan fingerprint density at radius 3 is 2.00 bits per heavy atom. The summed E-state index contributed by atoms with van der Waals surface area (Å²) in [5.74, 6) is 1.47. The van der Waals surface area contributed by atoms with Gasteiger partial charge in [0.1, 0.15) is 11.6 Å². The zero-order valence-corrected chi connectivity index (χ0v) is 14.0. The summed E-state index contributed by atoms with van der Waals surface area (Å²) < 4.78 is 19.1. The van der Waals surface area contributed by atoms with Crippen molar-refractivity contribution < 1.29 is 9.13 Å². The van der Waals surface area contributed by atoms with Crippen LogP contribution in [0.15, 0.2) is 48.5 Å². The van der Waals surface area contributed by atoms with Crippen molar-refractivity contribution in [3.63, 3.8) is 0 Å². The Balaban J connectivity index is 1.68. The van der Waals surface area contributed by atoms with Crippen molar-refractivity contribution in [1.29, 1.82) is 0 Å². The Morgan fingerprint density at radius 1 is 0.913 bits per heavy atom. The van der Waals surface area contributed by atoms with Gasteiger partial charge in [0.15, 0.2) is 0 Å². The van der Waals surface area contributed by atoms with Crippen molar-refractivity contribution >= 4 is 0 Å². The molecule has 0 radical (unpaired) electrons. The lowest BCUT2D eigenvalue weighted by atomic mass is 9.78. The highest BCUT2D eigenvalue weighted by Crippen LogP contribution is 2.33. The smallest absolute Gasteiger partial charge is 0.123 e. The maximum Gasteiger partial charge on any atom is 0.123 e. The highest BCUT2D eigenvalue weighted by atomic mass is 19.1. The molecule has 23 heavy (non-hydrogen) atoms. The Morgan fingerprint density at radius 2 is 1.43 bits per heavy atom. The van der Waals surface area contributed by atoms with E-state index in [1.807, 2.05) is 12.1 Å². The molecule has 2 aromatic rings. The highest BCUT2D eigenvalue weighted by molar-refractivity contribution is 5.40. The number of hydrogen-bond donors (Lipinski definition) is 0. The van der Waals surface area contributed by atoms with E-state index in [9.17, 15) is 4.39 Å². The van der Waals surface area contributed by atoms with Crippen molar-refractivity contribution in [2.75, 3.05) is 6.61 Å². The molecule has 0 aromatic heterocycles. The Labute approximate surface area is 138 Å². The van der Waals surface area contributed by atoms with E-state index in [0.29, 0.717) is 0 Å². The number of halogens is 1. The topological polar surface area (TPSA) is 9.23 Å². The third-order valence-electron chi connectivity index (χ3n) is 5.10. The Hall–Kier alpha value is -1.83. The minimum Gasteiger partial charge on any atom is -0.493 e. The predicted molar refractivity (Wildman–Crippen MR) is 92.4 cm³/mol. The fraction of sp³-hybridized carbons (Fsp3) is 0.429. The van der Waals surface area contributed by atoms with Crippen LogP contribution in [0.3, 0.4) is 0 Å². The van der Waals surface area contributed by atoms with Crippen LogP contribution in [0, 0.1) is 11.7 Å². The van der Waals surface area contributed by atoms with Gasteiger partial charge in [-0.3, -0.25) is 0 Å². The summed E-state index contributed by atoms with van der Waals surface area (Å²) in [4.78, 5) is 0. The Bertz CT molecular complexity index is 622. The van der Waals surface area contributed by atoms with Gasteiger partial charge in [-0.1, -0.05) is 51.0 Å². The van der Waals surface area contributed by atoms with Crippen LogP contribution in [-0.4, -0.2) is 6.61 Å². The molecule has 0 bridgehead atoms. The van der Waals surface area contributed by atoms with E-state index in [-0.39, 0.29) is 11.2 Å². The molecule has 0 unspecified atom stereocenters. The first-order chi connectivity index (χ1) is 11.1. The summed E-state index contributed by atoms with van der Waals surface area (Å²) in [6, 6.07) is 15.1. The number of rotatable bonds is 5. The summed E-state index contributed by atoms with van der Waals surface area (Å²) in [5, 5.41) is 0. The van der Waals surface area contributed by atoms with Gasteiger partial charge in [0.2, 0.25) is 0 Å². The third kappa shape index (κ3) is 3.74. The first-order valence-corrected chi connectivity index (χ1v) is 8.55. The molecule has 0 spiro atoms. The first-order valence-electron chi connectivity index (χ1n) is 8.55. The molecule has 1 aliphatic rings. The average molecular weight is 312 g/mol. The molecule has 0 N–H and O–H groups in total. The molecular formula is C21H25FO. The lowest BCUT2D eigenvalue weighted by Gasteiger charge is -2.26. The average Bonchev–Trinajstić information content (AvgIpc) is 3.07. The maximum atomic E-state index is 13.1. The van der Waals surface area contributed by atoms with Gasteiger partial charge < -0.3 is 4.74 Å². The molecule has 1 fully saturated rings. The van der Waals surface area contributed by atoms with E-state index >= 15 is 0 Å². The molecule has 2 aromatic carbocycles. The molecule has 0 amide bonds. The second-order valence-corrected chi connectivity index (χ2v) is 7.12. The predicted octanol–water partition coefficient (Wildman–Crippen LogP) is 5.72. The van der Waals surface area contributed by atoms with Gasteiger partial charge in [-0.05, 0) is 54.2 Å². The van der Waals surface area contributed by atoms with E-state index in [2.05, 4.69) is 38.1 Å². The van der Waals surface area contributed by atoms with E-state index in [0.717, 1.165) is 23.8 Å². The van der Waals surface area contributed by atoms with Crippen LogP contribution in [0.2, 0.25) is 0 Å². The summed E-state index contributed by atoms with van der Waals surface area (Å²) in [6.07, 6.45) is 5.29. The molecule has 122 valence electrons. The largest absolute Gasteiger partial charge is 0.493 e. The summed E-state index contributed by atoms with van der Waals surface area (Å²) >= 11 is 0. The quantitative estimate of drug-likeness (QED) is 0.686. The zero-order valence-electron chi connectivity index (χ0n) is 14.0. The normalized spacial score (nSPS) is 15.8. The van der Waals surface area contributed by atoms with Gasteiger partial charge in [0.05, 0.1) is 6.61 Å². The van der Waals surface area contributed by atoms with Crippen molar-refractivity contribution in [2.45, 2.75) is 44.9 Å². The van der Waals surface area contributed by atoms with E-state index < -0.39 is 0 Å². The monoisotopic (exact) mass is 312 g/mol. The summed E-state index contributed by atoms with van der Waals surface area (Å²) in [7, 11) is 0. The van der Waals surface area contributed by atoms with Crippen LogP contribution in [-0.2, 0) is 5.41 Å². The lowest BCUT2D eigenvalue weighted by Crippen LogP contribution is -2.18. The minimum atomic E-state index is -0.194. The van der Waals surface area contributed by atoms with Crippen molar-refractivity contribution in [1.82, 2.24) is 0 Å². The van der Waals surface area contributed by atoms with Crippen LogP contribution in [0.5, 0.6) is 5.75 Å². The number of benzene rings is 2. The third-order valence-corrected chi connectivity index (χ3v) is 5.10. The van der Waals surface area contributed by atoms with Crippen LogP contribution < -0.4 is 4.74 Å². The second kappa shape index (κ2) is 6.74. The fourth-order valence-corrected chi connectivity index (χ4v) is 3.39. The zero-order chi connectivity index (χ0) is 16.3. The first kappa shape index (κ1) is 16.0. The summed E-state index contributed by atoms with van der Waals surface area (Å²) in [5.41, 5.74) is 2.16. The van der Waals surface area contributed by atoms with Gasteiger partial charge in [-0.15, -0.1) is 0 Å². The maximum absolute atomic E-state index is 13.1. The van der Waals surface area contributed by atoms with Crippen LogP contribution in [0.25, 0.3) is 0 Å². The van der Waals surface area contributed by atoms with Crippen LogP contribution in [0.4, 0.5) is 4.39 Å². The standard InChI is InChI=1S/C21H25FO/c1-21(2,17-7-11-19(22)12-8-17)18-9-13-20(14-10-18)23-15-16-5-3-4-6-16/h7-14,16H,3-6,15H2,1-2H3. The second-order valence-electron chi connectivity index (χ2n) is 7.12. The van der Waals surface area contributed by atoms with Crippen molar-refractivity contribution in [2.24, 2.45) is 5.92 Å². The summed E-state index contributed by atoms with van der Waals surface area (Å²) in [6.45, 7) is 5.16. The molecule has 0 atom stereocenters. The van der Waals surface area contributed by atoms with Crippen LogP contribution in [0.1, 0.15) is 50.7 Å².